The highest BCUT2D eigenvalue weighted by atomic mass is 16.4. The third-order valence-electron chi connectivity index (χ3n) is 2.67. The van der Waals surface area contributed by atoms with Crippen molar-refractivity contribution in [1.82, 2.24) is 9.97 Å². The molecule has 0 saturated carbocycles. The lowest BCUT2D eigenvalue weighted by Crippen LogP contribution is -2.28. The van der Waals surface area contributed by atoms with Gasteiger partial charge in [0.15, 0.2) is 6.23 Å². The van der Waals surface area contributed by atoms with Gasteiger partial charge in [-0.1, -0.05) is 0 Å². The van der Waals surface area contributed by atoms with Gasteiger partial charge in [-0.05, 0) is 24.3 Å². The topological polar surface area (TPSA) is 156 Å². The van der Waals surface area contributed by atoms with E-state index in [-0.39, 0.29) is 5.56 Å². The number of carbonyl (C=O) groups is 1. The number of aromatic carboxylic acids is 1. The molecular weight excluding hydrogens is 282 g/mol. The van der Waals surface area contributed by atoms with Gasteiger partial charge in [0, 0.05) is 5.69 Å². The molecule has 2 aromatic rings. The fraction of sp³-hybridized carbons (Fsp3) is 0.0833. The number of benzene rings is 1. The molecule has 0 aliphatic rings. The zero-order valence-electron chi connectivity index (χ0n) is 10.5. The molecule has 21 heavy (non-hydrogen) atoms. The van der Waals surface area contributed by atoms with Crippen LogP contribution in [0.25, 0.3) is 0 Å². The number of carboxylic acids is 1. The highest BCUT2D eigenvalue weighted by Crippen LogP contribution is 2.19. The second kappa shape index (κ2) is 5.51. The fourth-order valence-electron chi connectivity index (χ4n) is 1.68. The summed E-state index contributed by atoms with van der Waals surface area (Å²) in [4.78, 5) is 36.9. The number of hydrogen-bond acceptors (Lipinski definition) is 6. The van der Waals surface area contributed by atoms with Crippen LogP contribution < -0.4 is 16.6 Å². The summed E-state index contributed by atoms with van der Waals surface area (Å²) in [6, 6.07) is 5.36. The van der Waals surface area contributed by atoms with Gasteiger partial charge in [-0.15, -0.1) is 0 Å². The molecule has 0 spiro atoms. The maximum Gasteiger partial charge on any atom is 0.335 e. The molecule has 6 N–H and O–H groups in total. The molecule has 1 aromatic heterocycles. The average molecular weight is 293 g/mol. The molecule has 0 saturated heterocycles. The molecule has 1 unspecified atom stereocenters. The smallest absolute Gasteiger partial charge is 0.335 e. The third-order valence-corrected chi connectivity index (χ3v) is 2.67. The normalized spacial score (nSPS) is 11.9. The van der Waals surface area contributed by atoms with E-state index >= 15 is 0 Å². The van der Waals surface area contributed by atoms with Crippen molar-refractivity contribution in [2.75, 3.05) is 5.32 Å². The molecule has 2 rings (SSSR count). The van der Waals surface area contributed by atoms with Gasteiger partial charge in [-0.3, -0.25) is 14.8 Å². The predicted octanol–water partition coefficient (Wildman–Crippen LogP) is -0.430. The van der Waals surface area contributed by atoms with Crippen molar-refractivity contribution in [3.8, 4) is 5.88 Å². The third kappa shape index (κ3) is 3.09. The molecule has 9 nitrogen and oxygen atoms in total. The van der Waals surface area contributed by atoms with Crippen LogP contribution in [-0.4, -0.2) is 31.3 Å². The van der Waals surface area contributed by atoms with E-state index in [9.17, 15) is 24.6 Å². The number of anilines is 1. The summed E-state index contributed by atoms with van der Waals surface area (Å²) in [5.41, 5.74) is -1.94. The van der Waals surface area contributed by atoms with Crippen LogP contribution in [0.3, 0.4) is 0 Å². The fourth-order valence-corrected chi connectivity index (χ4v) is 1.68. The van der Waals surface area contributed by atoms with Crippen molar-refractivity contribution in [3.63, 3.8) is 0 Å². The summed E-state index contributed by atoms with van der Waals surface area (Å²) in [7, 11) is 0. The molecule has 0 aliphatic heterocycles. The minimum atomic E-state index is -1.60. The second-order valence-electron chi connectivity index (χ2n) is 4.10. The lowest BCUT2D eigenvalue weighted by atomic mass is 10.2. The van der Waals surface area contributed by atoms with E-state index in [1.807, 2.05) is 9.97 Å². The minimum absolute atomic E-state index is 0.0553. The largest absolute Gasteiger partial charge is 0.494 e. The molecule has 0 fully saturated rings. The Hall–Kier alpha value is -3.07. The number of aliphatic hydroxyl groups is 1. The van der Waals surface area contributed by atoms with E-state index < -0.39 is 34.9 Å². The minimum Gasteiger partial charge on any atom is -0.494 e. The SMILES string of the molecule is O=C(O)c1ccc(NC(O)c2c(O)[nH]c(=O)[nH]c2=O)cc1. The Morgan fingerprint density at radius 3 is 2.29 bits per heavy atom. The lowest BCUT2D eigenvalue weighted by Gasteiger charge is -2.14. The first-order valence-corrected chi connectivity index (χ1v) is 5.72. The monoisotopic (exact) mass is 293 g/mol. The molecule has 0 aliphatic carbocycles. The van der Waals surface area contributed by atoms with Gasteiger partial charge in [0.1, 0.15) is 5.56 Å². The van der Waals surface area contributed by atoms with Crippen molar-refractivity contribution in [2.45, 2.75) is 6.23 Å². The van der Waals surface area contributed by atoms with Gasteiger partial charge in [0.2, 0.25) is 5.88 Å². The van der Waals surface area contributed by atoms with Crippen molar-refractivity contribution in [2.24, 2.45) is 0 Å². The Kier molecular flexibility index (Phi) is 3.76. The van der Waals surface area contributed by atoms with Crippen LogP contribution in [0.15, 0.2) is 33.9 Å². The summed E-state index contributed by atoms with van der Waals surface area (Å²) in [5.74, 6) is -1.86. The Bertz CT molecular complexity index is 777. The Balaban J connectivity index is 2.26. The molecule has 0 bridgehead atoms. The van der Waals surface area contributed by atoms with Crippen LogP contribution in [0.5, 0.6) is 5.88 Å². The summed E-state index contributed by atoms with van der Waals surface area (Å²) in [6.07, 6.45) is -1.60. The van der Waals surface area contributed by atoms with Crippen LogP contribution in [-0.2, 0) is 0 Å². The van der Waals surface area contributed by atoms with Crippen molar-refractivity contribution in [3.05, 3.63) is 56.2 Å². The molecule has 110 valence electrons. The highest BCUT2D eigenvalue weighted by Gasteiger charge is 2.18. The van der Waals surface area contributed by atoms with Crippen LogP contribution in [0.4, 0.5) is 5.69 Å². The maximum absolute atomic E-state index is 11.5. The molecule has 1 atom stereocenters. The van der Waals surface area contributed by atoms with Crippen molar-refractivity contribution >= 4 is 11.7 Å². The van der Waals surface area contributed by atoms with Crippen LogP contribution in [0.2, 0.25) is 0 Å². The molecule has 9 heteroatoms. The molecule has 0 radical (unpaired) electrons. The highest BCUT2D eigenvalue weighted by molar-refractivity contribution is 5.88. The first kappa shape index (κ1) is 14.3. The van der Waals surface area contributed by atoms with E-state index in [0.717, 1.165) is 0 Å². The van der Waals surface area contributed by atoms with Gasteiger partial charge in [-0.25, -0.2) is 9.59 Å². The average Bonchev–Trinajstić information content (AvgIpc) is 2.37. The quantitative estimate of drug-likeness (QED) is 0.418. The van der Waals surface area contributed by atoms with Crippen molar-refractivity contribution < 1.29 is 20.1 Å². The van der Waals surface area contributed by atoms with E-state index in [1.54, 1.807) is 0 Å². The number of rotatable bonds is 4. The Morgan fingerprint density at radius 2 is 1.76 bits per heavy atom. The number of aromatic hydroxyl groups is 1. The molecular formula is C12H11N3O6. The number of nitrogens with one attached hydrogen (secondary N) is 3. The Morgan fingerprint density at radius 1 is 1.14 bits per heavy atom. The maximum atomic E-state index is 11.5. The zero-order chi connectivity index (χ0) is 15.6. The first-order valence-electron chi connectivity index (χ1n) is 5.72. The van der Waals surface area contributed by atoms with E-state index in [4.69, 9.17) is 5.11 Å². The van der Waals surface area contributed by atoms with Gasteiger partial charge < -0.3 is 20.6 Å². The number of carboxylic acid groups (broad SMARTS) is 1. The first-order chi connectivity index (χ1) is 9.88. The van der Waals surface area contributed by atoms with E-state index in [2.05, 4.69) is 5.32 Å². The zero-order valence-corrected chi connectivity index (χ0v) is 10.5. The number of hydrogen-bond donors (Lipinski definition) is 6. The van der Waals surface area contributed by atoms with Gasteiger partial charge in [0.25, 0.3) is 5.56 Å². The summed E-state index contributed by atoms with van der Waals surface area (Å²) in [5, 5.41) is 30.6. The number of aromatic amines is 2. The number of H-pyrrole nitrogens is 2. The standard InChI is InChI=1S/C12H11N3O6/c16-8(7-9(17)14-12(21)15-10(7)18)13-6-3-1-5(2-4-6)11(19)20/h1-4,8,13,16H,(H,19,20)(H3,14,15,17,18,21). The van der Waals surface area contributed by atoms with Crippen molar-refractivity contribution in [1.29, 1.82) is 0 Å². The van der Waals surface area contributed by atoms with E-state index in [0.29, 0.717) is 5.69 Å². The number of aliphatic hydroxyl groups excluding tert-OH is 1. The van der Waals surface area contributed by atoms with Crippen LogP contribution in [0.1, 0.15) is 22.1 Å². The summed E-state index contributed by atoms with van der Waals surface area (Å²) < 4.78 is 0. The molecule has 1 aromatic carbocycles. The van der Waals surface area contributed by atoms with Gasteiger partial charge in [0.05, 0.1) is 5.56 Å². The second-order valence-corrected chi connectivity index (χ2v) is 4.10. The molecule has 1 heterocycles. The van der Waals surface area contributed by atoms with Gasteiger partial charge in [-0.2, -0.15) is 0 Å². The number of aromatic nitrogens is 2. The van der Waals surface area contributed by atoms with Crippen LogP contribution in [0, 0.1) is 0 Å². The lowest BCUT2D eigenvalue weighted by molar-refractivity contribution is 0.0697. The van der Waals surface area contributed by atoms with E-state index in [1.165, 1.54) is 24.3 Å². The molecule has 0 amide bonds. The summed E-state index contributed by atoms with van der Waals surface area (Å²) in [6.45, 7) is 0. The Labute approximate surface area is 116 Å². The van der Waals surface area contributed by atoms with Crippen LogP contribution >= 0.6 is 0 Å². The van der Waals surface area contributed by atoms with Gasteiger partial charge >= 0.3 is 11.7 Å². The summed E-state index contributed by atoms with van der Waals surface area (Å²) >= 11 is 0. The predicted molar refractivity (Wildman–Crippen MR) is 71.3 cm³/mol.